The lowest BCUT2D eigenvalue weighted by atomic mass is 10.2. The number of rotatable bonds is 2. The van der Waals surface area contributed by atoms with Crippen LogP contribution in [0.5, 0.6) is 0 Å². The number of hydrogen-bond donors (Lipinski definition) is 0. The molecule has 0 unspecified atom stereocenters. The minimum Gasteiger partial charge on any atom is -0.364 e. The molecule has 0 radical (unpaired) electrons. The van der Waals surface area contributed by atoms with E-state index >= 15 is 0 Å². The van der Waals surface area contributed by atoms with Crippen LogP contribution < -0.4 is 0 Å². The van der Waals surface area contributed by atoms with E-state index in [1.165, 1.54) is 12.8 Å². The quantitative estimate of drug-likeness (QED) is 0.720. The number of imidazole rings is 1. The molecule has 96 valence electrons. The van der Waals surface area contributed by atoms with E-state index in [2.05, 4.69) is 31.7 Å². The molecule has 1 aliphatic rings. The summed E-state index contributed by atoms with van der Waals surface area (Å²) >= 11 is 3.55. The van der Waals surface area contributed by atoms with Crippen molar-refractivity contribution >= 4 is 27.0 Å². The van der Waals surface area contributed by atoms with E-state index in [1.807, 2.05) is 19.2 Å². The largest absolute Gasteiger partial charge is 0.364 e. The molecule has 3 aromatic rings. The fourth-order valence-corrected chi connectivity index (χ4v) is 2.93. The van der Waals surface area contributed by atoms with E-state index in [0.717, 1.165) is 32.6 Å². The van der Waals surface area contributed by atoms with Gasteiger partial charge in [0.15, 0.2) is 0 Å². The van der Waals surface area contributed by atoms with E-state index in [4.69, 9.17) is 9.51 Å². The topological polar surface area (TPSA) is 43.9 Å². The summed E-state index contributed by atoms with van der Waals surface area (Å²) in [5, 5.41) is 4.15. The van der Waals surface area contributed by atoms with Gasteiger partial charge in [-0.3, -0.25) is 0 Å². The van der Waals surface area contributed by atoms with Crippen LogP contribution in [0.25, 0.3) is 22.4 Å². The Bertz CT molecular complexity index is 770. The van der Waals surface area contributed by atoms with Crippen LogP contribution >= 0.6 is 15.9 Å². The van der Waals surface area contributed by atoms with Gasteiger partial charge in [-0.1, -0.05) is 11.2 Å². The average molecular weight is 318 g/mol. The van der Waals surface area contributed by atoms with Crippen molar-refractivity contribution in [1.29, 1.82) is 0 Å². The van der Waals surface area contributed by atoms with Crippen LogP contribution in [0.1, 0.15) is 24.5 Å². The van der Waals surface area contributed by atoms with Crippen molar-refractivity contribution in [3.05, 3.63) is 34.6 Å². The molecule has 0 N–H and O–H groups in total. The van der Waals surface area contributed by atoms with Gasteiger partial charge in [-0.25, -0.2) is 4.98 Å². The van der Waals surface area contributed by atoms with E-state index in [-0.39, 0.29) is 0 Å². The molecule has 1 fully saturated rings. The molecule has 5 heteroatoms. The summed E-state index contributed by atoms with van der Waals surface area (Å²) < 4.78 is 8.27. The van der Waals surface area contributed by atoms with Gasteiger partial charge >= 0.3 is 0 Å². The van der Waals surface area contributed by atoms with Crippen LogP contribution in [-0.2, 0) is 7.05 Å². The zero-order chi connectivity index (χ0) is 13.0. The Morgan fingerprint density at radius 2 is 2.21 bits per heavy atom. The Labute approximate surface area is 118 Å². The fourth-order valence-electron chi connectivity index (χ4n) is 2.49. The van der Waals surface area contributed by atoms with Gasteiger partial charge in [-0.05, 0) is 40.9 Å². The van der Waals surface area contributed by atoms with Gasteiger partial charge in [-0.2, -0.15) is 0 Å². The predicted molar refractivity (Wildman–Crippen MR) is 75.9 cm³/mol. The second-order valence-electron chi connectivity index (χ2n) is 4.99. The van der Waals surface area contributed by atoms with Crippen molar-refractivity contribution in [3.8, 4) is 11.4 Å². The highest BCUT2D eigenvalue weighted by atomic mass is 79.9. The molecule has 2 aromatic heterocycles. The van der Waals surface area contributed by atoms with Crippen LogP contribution in [0.4, 0.5) is 0 Å². The lowest BCUT2D eigenvalue weighted by Crippen LogP contribution is -1.94. The number of nitrogens with zero attached hydrogens (tertiary/aromatic N) is 3. The molecule has 0 aliphatic heterocycles. The zero-order valence-electron chi connectivity index (χ0n) is 10.4. The molecular weight excluding hydrogens is 306 g/mol. The normalized spacial score (nSPS) is 15.3. The maximum Gasteiger partial charge on any atom is 0.146 e. The summed E-state index contributed by atoms with van der Waals surface area (Å²) in [5.74, 6) is 1.47. The van der Waals surface area contributed by atoms with Crippen molar-refractivity contribution in [2.75, 3.05) is 0 Å². The van der Waals surface area contributed by atoms with Crippen LogP contribution in [0.2, 0.25) is 0 Å². The monoisotopic (exact) mass is 317 g/mol. The van der Waals surface area contributed by atoms with E-state index < -0.39 is 0 Å². The Morgan fingerprint density at radius 1 is 1.37 bits per heavy atom. The molecule has 0 atom stereocenters. The van der Waals surface area contributed by atoms with Gasteiger partial charge < -0.3 is 9.09 Å². The van der Waals surface area contributed by atoms with Gasteiger partial charge in [0.1, 0.15) is 17.6 Å². The van der Waals surface area contributed by atoms with Gasteiger partial charge in [0, 0.05) is 17.4 Å². The van der Waals surface area contributed by atoms with Gasteiger partial charge in [-0.15, -0.1) is 0 Å². The number of benzene rings is 1. The Kier molecular flexibility index (Phi) is 2.33. The van der Waals surface area contributed by atoms with Crippen molar-refractivity contribution in [3.63, 3.8) is 0 Å². The molecule has 2 heterocycles. The highest BCUT2D eigenvalue weighted by molar-refractivity contribution is 9.10. The Morgan fingerprint density at radius 3 is 2.95 bits per heavy atom. The number of fused-ring (bicyclic) bond motifs is 1. The second-order valence-corrected chi connectivity index (χ2v) is 5.84. The Balaban J connectivity index is 1.98. The molecular formula is C14H12BrN3O. The smallest absolute Gasteiger partial charge is 0.146 e. The molecule has 0 spiro atoms. The highest BCUT2D eigenvalue weighted by Crippen LogP contribution is 2.43. The van der Waals surface area contributed by atoms with Crippen LogP contribution in [0.3, 0.4) is 0 Å². The number of halogens is 1. The maximum atomic E-state index is 5.17. The molecule has 19 heavy (non-hydrogen) atoms. The van der Waals surface area contributed by atoms with E-state index in [9.17, 15) is 0 Å². The van der Waals surface area contributed by atoms with Crippen molar-refractivity contribution in [2.45, 2.75) is 18.8 Å². The lowest BCUT2D eigenvalue weighted by Gasteiger charge is -2.00. The molecule has 1 aromatic carbocycles. The maximum absolute atomic E-state index is 5.17. The standard InChI is InChI=1S/C14H12BrN3O/c1-18-11-4-2-3-10(15)13(11)16-14(18)9-7-19-17-12(9)8-5-6-8/h2-4,7-8H,5-6H2,1H3. The minimum atomic E-state index is 0.553. The van der Waals surface area contributed by atoms with Gasteiger partial charge in [0.25, 0.3) is 0 Å². The average Bonchev–Trinajstić information content (AvgIpc) is 3.04. The third kappa shape index (κ3) is 1.64. The summed E-state index contributed by atoms with van der Waals surface area (Å²) in [4.78, 5) is 4.74. The third-order valence-electron chi connectivity index (χ3n) is 3.66. The minimum absolute atomic E-state index is 0.553. The first-order valence-electron chi connectivity index (χ1n) is 6.31. The summed E-state index contributed by atoms with van der Waals surface area (Å²) in [7, 11) is 2.03. The summed E-state index contributed by atoms with van der Waals surface area (Å²) in [6.45, 7) is 0. The lowest BCUT2D eigenvalue weighted by molar-refractivity contribution is 0.412. The second kappa shape index (κ2) is 3.93. The van der Waals surface area contributed by atoms with Crippen LogP contribution in [0, 0.1) is 0 Å². The molecule has 4 nitrogen and oxygen atoms in total. The number of aromatic nitrogens is 3. The predicted octanol–water partition coefficient (Wildman–Crippen LogP) is 3.87. The van der Waals surface area contributed by atoms with Crippen molar-refractivity contribution in [1.82, 2.24) is 14.7 Å². The highest BCUT2D eigenvalue weighted by Gasteiger charge is 2.31. The molecule has 0 bridgehead atoms. The number of hydrogen-bond acceptors (Lipinski definition) is 3. The molecule has 0 amide bonds. The number of para-hydroxylation sites is 1. The SMILES string of the molecule is Cn1c(-c2conc2C2CC2)nc2c(Br)cccc21. The third-order valence-corrected chi connectivity index (χ3v) is 4.30. The molecule has 0 saturated heterocycles. The fraction of sp³-hybridized carbons (Fsp3) is 0.286. The van der Waals surface area contributed by atoms with Gasteiger partial charge in [0.05, 0.1) is 16.8 Å². The van der Waals surface area contributed by atoms with Crippen LogP contribution in [0.15, 0.2) is 33.5 Å². The summed E-state index contributed by atoms with van der Waals surface area (Å²) in [6.07, 6.45) is 4.11. The molecule has 4 rings (SSSR count). The first kappa shape index (κ1) is 11.2. The number of aryl methyl sites for hydroxylation is 1. The van der Waals surface area contributed by atoms with Gasteiger partial charge in [0.2, 0.25) is 0 Å². The summed E-state index contributed by atoms with van der Waals surface area (Å²) in [6, 6.07) is 6.10. The Hall–Kier alpha value is -1.62. The van der Waals surface area contributed by atoms with Crippen LogP contribution in [-0.4, -0.2) is 14.7 Å². The zero-order valence-corrected chi connectivity index (χ0v) is 12.0. The first-order valence-corrected chi connectivity index (χ1v) is 7.10. The van der Waals surface area contributed by atoms with Crippen molar-refractivity contribution in [2.24, 2.45) is 7.05 Å². The molecule has 1 aliphatic carbocycles. The van der Waals surface area contributed by atoms with Crippen molar-refractivity contribution < 1.29 is 4.52 Å². The van der Waals surface area contributed by atoms with E-state index in [1.54, 1.807) is 6.26 Å². The first-order chi connectivity index (χ1) is 9.25. The summed E-state index contributed by atoms with van der Waals surface area (Å²) in [5.41, 5.74) is 4.15. The van der Waals surface area contributed by atoms with E-state index in [0.29, 0.717) is 5.92 Å². The molecule has 1 saturated carbocycles.